The van der Waals surface area contributed by atoms with Gasteiger partial charge in [-0.25, -0.2) is 5.84 Å². The molecule has 0 aliphatic rings. The molecule has 1 heterocycles. The van der Waals surface area contributed by atoms with Gasteiger partial charge < -0.3 is 0 Å². The number of rotatable bonds is 5. The molecular formula is C9H17N5. The van der Waals surface area contributed by atoms with E-state index < -0.39 is 0 Å². The fourth-order valence-electron chi connectivity index (χ4n) is 1.03. The number of aromatic amines is 1. The number of aromatic nitrogens is 3. The minimum absolute atomic E-state index is 0.383. The van der Waals surface area contributed by atoms with Gasteiger partial charge in [-0.15, -0.1) is 11.7 Å². The number of hydrazine groups is 1. The molecule has 0 aliphatic heterocycles. The van der Waals surface area contributed by atoms with Crippen LogP contribution in [-0.2, 0) is 0 Å². The van der Waals surface area contributed by atoms with Crippen molar-refractivity contribution >= 4 is 5.95 Å². The third kappa shape index (κ3) is 2.32. The van der Waals surface area contributed by atoms with Crippen molar-refractivity contribution in [2.45, 2.75) is 26.2 Å². The molecule has 5 heteroatoms. The molecule has 0 amide bonds. The lowest BCUT2D eigenvalue weighted by Crippen LogP contribution is -2.31. The summed E-state index contributed by atoms with van der Waals surface area (Å²) in [6.07, 6.45) is 2.74. The standard InChI is InChI=1S/C9H17N5/c1-4-6-14(10)9-11-8(12-13-9)7(3)5-2/h4,7H,1,5-6,10H2,2-3H3,(H,11,12,13). The minimum atomic E-state index is 0.383. The van der Waals surface area contributed by atoms with Gasteiger partial charge in [0.25, 0.3) is 5.95 Å². The van der Waals surface area contributed by atoms with Crippen molar-refractivity contribution in [3.05, 3.63) is 18.5 Å². The minimum Gasteiger partial charge on any atom is -0.274 e. The molecule has 3 N–H and O–H groups in total. The Balaban J connectivity index is 2.71. The zero-order valence-electron chi connectivity index (χ0n) is 8.70. The van der Waals surface area contributed by atoms with Gasteiger partial charge in [-0.3, -0.25) is 10.1 Å². The molecule has 0 saturated heterocycles. The highest BCUT2D eigenvalue weighted by atomic mass is 15.5. The van der Waals surface area contributed by atoms with Crippen molar-refractivity contribution in [1.82, 2.24) is 15.2 Å². The maximum absolute atomic E-state index is 5.68. The Morgan fingerprint density at radius 3 is 3.00 bits per heavy atom. The summed E-state index contributed by atoms with van der Waals surface area (Å²) < 4.78 is 0. The summed E-state index contributed by atoms with van der Waals surface area (Å²) in [5.74, 6) is 7.45. The maximum atomic E-state index is 5.68. The number of nitrogens with zero attached hydrogens (tertiary/aromatic N) is 3. The summed E-state index contributed by atoms with van der Waals surface area (Å²) >= 11 is 0. The Morgan fingerprint density at radius 2 is 2.43 bits per heavy atom. The van der Waals surface area contributed by atoms with Gasteiger partial charge in [0.15, 0.2) is 0 Å². The van der Waals surface area contributed by atoms with E-state index >= 15 is 0 Å². The van der Waals surface area contributed by atoms with E-state index in [9.17, 15) is 0 Å². The molecule has 0 aromatic carbocycles. The fourth-order valence-corrected chi connectivity index (χ4v) is 1.03. The van der Waals surface area contributed by atoms with Gasteiger partial charge in [0.05, 0.1) is 6.54 Å². The highest BCUT2D eigenvalue weighted by Gasteiger charge is 2.11. The molecule has 0 saturated carbocycles. The predicted molar refractivity (Wildman–Crippen MR) is 56.8 cm³/mol. The van der Waals surface area contributed by atoms with Crippen LogP contribution < -0.4 is 10.9 Å². The summed E-state index contributed by atoms with van der Waals surface area (Å²) in [5.41, 5.74) is 0. The highest BCUT2D eigenvalue weighted by Crippen LogP contribution is 2.15. The molecular weight excluding hydrogens is 178 g/mol. The third-order valence-corrected chi connectivity index (χ3v) is 2.15. The average molecular weight is 195 g/mol. The smallest absolute Gasteiger partial charge is 0.259 e. The lowest BCUT2D eigenvalue weighted by atomic mass is 10.1. The van der Waals surface area contributed by atoms with Gasteiger partial charge in [0, 0.05) is 5.92 Å². The number of nitrogens with two attached hydrogens (primary N) is 1. The van der Waals surface area contributed by atoms with E-state index in [1.54, 1.807) is 6.08 Å². The predicted octanol–water partition coefficient (Wildman–Crippen LogP) is 1.18. The molecule has 0 radical (unpaired) electrons. The van der Waals surface area contributed by atoms with Crippen LogP contribution in [0.5, 0.6) is 0 Å². The van der Waals surface area contributed by atoms with Gasteiger partial charge in [0.1, 0.15) is 5.82 Å². The molecule has 14 heavy (non-hydrogen) atoms. The van der Waals surface area contributed by atoms with E-state index in [1.807, 2.05) is 0 Å². The molecule has 0 fully saturated rings. The van der Waals surface area contributed by atoms with Crippen LogP contribution in [0.4, 0.5) is 5.95 Å². The molecule has 1 aromatic heterocycles. The molecule has 0 spiro atoms. The van der Waals surface area contributed by atoms with E-state index in [-0.39, 0.29) is 0 Å². The number of anilines is 1. The number of hydrogen-bond acceptors (Lipinski definition) is 4. The summed E-state index contributed by atoms with van der Waals surface area (Å²) in [7, 11) is 0. The van der Waals surface area contributed by atoms with E-state index in [0.717, 1.165) is 12.2 Å². The van der Waals surface area contributed by atoms with Crippen LogP contribution in [0.1, 0.15) is 32.0 Å². The van der Waals surface area contributed by atoms with E-state index in [2.05, 4.69) is 35.6 Å². The first-order chi connectivity index (χ1) is 6.69. The quantitative estimate of drug-likeness (QED) is 0.420. The summed E-state index contributed by atoms with van der Waals surface area (Å²) in [6, 6.07) is 0. The zero-order valence-corrected chi connectivity index (χ0v) is 8.70. The molecule has 5 nitrogen and oxygen atoms in total. The van der Waals surface area contributed by atoms with Crippen LogP contribution in [0.2, 0.25) is 0 Å². The highest BCUT2D eigenvalue weighted by molar-refractivity contribution is 5.27. The number of nitrogens with one attached hydrogen (secondary N) is 1. The third-order valence-electron chi connectivity index (χ3n) is 2.15. The fraction of sp³-hybridized carbons (Fsp3) is 0.556. The Labute approximate surface area is 84.0 Å². The van der Waals surface area contributed by atoms with Crippen molar-refractivity contribution < 1.29 is 0 Å². The van der Waals surface area contributed by atoms with Crippen molar-refractivity contribution in [3.8, 4) is 0 Å². The second-order valence-corrected chi connectivity index (χ2v) is 3.27. The van der Waals surface area contributed by atoms with Gasteiger partial charge in [-0.1, -0.05) is 19.9 Å². The summed E-state index contributed by atoms with van der Waals surface area (Å²) in [4.78, 5) is 4.29. The van der Waals surface area contributed by atoms with E-state index in [1.165, 1.54) is 5.01 Å². The largest absolute Gasteiger partial charge is 0.274 e. The summed E-state index contributed by atoms with van der Waals surface area (Å²) in [5, 5.41) is 8.35. The van der Waals surface area contributed by atoms with Crippen molar-refractivity contribution in [2.75, 3.05) is 11.6 Å². The van der Waals surface area contributed by atoms with Gasteiger partial charge in [-0.05, 0) is 6.42 Å². The molecule has 1 unspecified atom stereocenters. The van der Waals surface area contributed by atoms with Gasteiger partial charge in [-0.2, -0.15) is 4.98 Å². The Morgan fingerprint density at radius 1 is 1.71 bits per heavy atom. The molecule has 1 atom stereocenters. The van der Waals surface area contributed by atoms with Crippen molar-refractivity contribution in [2.24, 2.45) is 5.84 Å². The van der Waals surface area contributed by atoms with Crippen molar-refractivity contribution in [3.63, 3.8) is 0 Å². The number of hydrogen-bond donors (Lipinski definition) is 2. The van der Waals surface area contributed by atoms with Crippen LogP contribution in [-0.4, -0.2) is 21.7 Å². The van der Waals surface area contributed by atoms with Crippen LogP contribution in [0.3, 0.4) is 0 Å². The van der Waals surface area contributed by atoms with Crippen LogP contribution in [0.25, 0.3) is 0 Å². The molecule has 0 aliphatic carbocycles. The molecule has 1 rings (SSSR count). The van der Waals surface area contributed by atoms with E-state index in [0.29, 0.717) is 18.4 Å². The molecule has 78 valence electrons. The van der Waals surface area contributed by atoms with Gasteiger partial charge >= 0.3 is 0 Å². The SMILES string of the molecule is C=CCN(N)c1n[nH]c(C(C)CC)n1. The Bertz CT molecular complexity index is 293. The first kappa shape index (κ1) is 10.7. The second-order valence-electron chi connectivity index (χ2n) is 3.27. The normalized spacial score (nSPS) is 12.5. The van der Waals surface area contributed by atoms with Crippen molar-refractivity contribution in [1.29, 1.82) is 0 Å². The molecule has 0 bridgehead atoms. The average Bonchev–Trinajstić information content (AvgIpc) is 2.66. The van der Waals surface area contributed by atoms with Crippen LogP contribution in [0.15, 0.2) is 12.7 Å². The molecule has 1 aromatic rings. The first-order valence-electron chi connectivity index (χ1n) is 4.74. The van der Waals surface area contributed by atoms with Crippen LogP contribution >= 0.6 is 0 Å². The second kappa shape index (κ2) is 4.76. The number of H-pyrrole nitrogens is 1. The monoisotopic (exact) mass is 195 g/mol. The first-order valence-corrected chi connectivity index (χ1v) is 4.74. The van der Waals surface area contributed by atoms with Crippen LogP contribution in [0, 0.1) is 0 Å². The van der Waals surface area contributed by atoms with E-state index in [4.69, 9.17) is 5.84 Å². The Hall–Kier alpha value is -1.36. The zero-order chi connectivity index (χ0) is 10.6. The summed E-state index contributed by atoms with van der Waals surface area (Å²) in [6.45, 7) is 8.34. The topological polar surface area (TPSA) is 70.8 Å². The lowest BCUT2D eigenvalue weighted by molar-refractivity contribution is 0.682. The van der Waals surface area contributed by atoms with Gasteiger partial charge in [0.2, 0.25) is 0 Å². The maximum Gasteiger partial charge on any atom is 0.259 e. The Kier molecular flexibility index (Phi) is 3.64. The lowest BCUT2D eigenvalue weighted by Gasteiger charge is -2.10.